The molecule has 3 rings (SSSR count). The number of fused-ring (bicyclic) bond motifs is 1. The number of ether oxygens (including phenoxy) is 1. The Hall–Kier alpha value is -2.36. The molecule has 0 saturated heterocycles. The van der Waals surface area contributed by atoms with E-state index in [-0.39, 0.29) is 17.3 Å². The fourth-order valence-corrected chi connectivity index (χ4v) is 3.39. The average molecular weight is 313 g/mol. The van der Waals surface area contributed by atoms with Crippen LogP contribution >= 0.6 is 0 Å². The van der Waals surface area contributed by atoms with Crippen LogP contribution in [-0.2, 0) is 11.2 Å². The van der Waals surface area contributed by atoms with Crippen molar-refractivity contribution in [2.75, 3.05) is 0 Å². The van der Waals surface area contributed by atoms with Gasteiger partial charge in [-0.1, -0.05) is 43.7 Å². The molecule has 0 heterocycles. The van der Waals surface area contributed by atoms with Crippen LogP contribution in [0.25, 0.3) is 11.1 Å². The maximum Gasteiger partial charge on any atom is 0.405 e. The first-order chi connectivity index (χ1) is 10.8. The zero-order valence-electron chi connectivity index (χ0n) is 13.5. The third-order valence-electron chi connectivity index (χ3n) is 4.45. The zero-order chi connectivity index (χ0) is 16.8. The van der Waals surface area contributed by atoms with Crippen LogP contribution < -0.4 is 5.73 Å². The molecule has 3 nitrogen and oxygen atoms in total. The van der Waals surface area contributed by atoms with Crippen molar-refractivity contribution >= 4 is 6.09 Å². The molecule has 1 unspecified atom stereocenters. The number of carbonyl (C=O) groups is 1. The van der Waals surface area contributed by atoms with E-state index in [9.17, 15) is 9.18 Å². The number of aryl methyl sites for hydroxylation is 1. The molecule has 120 valence electrons. The van der Waals surface area contributed by atoms with Crippen molar-refractivity contribution in [1.29, 1.82) is 0 Å². The van der Waals surface area contributed by atoms with Crippen molar-refractivity contribution < 1.29 is 13.9 Å². The predicted octanol–water partition coefficient (Wildman–Crippen LogP) is 4.52. The molecule has 1 aliphatic rings. The van der Waals surface area contributed by atoms with E-state index >= 15 is 0 Å². The van der Waals surface area contributed by atoms with Crippen LogP contribution in [0, 0.1) is 18.2 Å². The van der Waals surface area contributed by atoms with Gasteiger partial charge in [-0.05, 0) is 42.2 Å². The van der Waals surface area contributed by atoms with Gasteiger partial charge in [0, 0.05) is 11.0 Å². The van der Waals surface area contributed by atoms with Crippen LogP contribution in [0.4, 0.5) is 9.18 Å². The molecular weight excluding hydrogens is 293 g/mol. The number of benzene rings is 2. The molecule has 1 atom stereocenters. The molecule has 0 aromatic heterocycles. The first-order valence-electron chi connectivity index (χ1n) is 7.63. The fraction of sp³-hybridized carbons (Fsp3) is 0.316. The van der Waals surface area contributed by atoms with Crippen LogP contribution in [0.5, 0.6) is 0 Å². The van der Waals surface area contributed by atoms with E-state index in [1.54, 1.807) is 6.07 Å². The molecule has 2 N–H and O–H groups in total. The van der Waals surface area contributed by atoms with Gasteiger partial charge in [0.05, 0.1) is 0 Å². The summed E-state index contributed by atoms with van der Waals surface area (Å²) >= 11 is 0. The number of amides is 1. The number of hydrogen-bond acceptors (Lipinski definition) is 2. The van der Waals surface area contributed by atoms with Gasteiger partial charge >= 0.3 is 6.09 Å². The van der Waals surface area contributed by atoms with Gasteiger partial charge < -0.3 is 10.5 Å². The number of carbonyl (C=O) groups excluding carboxylic acids is 1. The molecule has 0 fully saturated rings. The molecule has 2 aromatic carbocycles. The molecule has 23 heavy (non-hydrogen) atoms. The lowest BCUT2D eigenvalue weighted by atomic mass is 9.87. The molecule has 0 saturated carbocycles. The highest BCUT2D eigenvalue weighted by Gasteiger charge is 2.41. The Bertz CT molecular complexity index is 783. The summed E-state index contributed by atoms with van der Waals surface area (Å²) in [6.07, 6.45) is -0.391. The first-order valence-corrected chi connectivity index (χ1v) is 7.63. The van der Waals surface area contributed by atoms with Crippen LogP contribution in [0.1, 0.15) is 36.6 Å². The van der Waals surface area contributed by atoms with Crippen molar-refractivity contribution in [3.63, 3.8) is 0 Å². The number of nitrogens with two attached hydrogens (primary N) is 1. The van der Waals surface area contributed by atoms with E-state index in [0.717, 1.165) is 28.7 Å². The third kappa shape index (κ3) is 2.81. The van der Waals surface area contributed by atoms with E-state index < -0.39 is 6.09 Å². The topological polar surface area (TPSA) is 52.3 Å². The SMILES string of the molecule is Cc1ccc(F)c(-c2ccc3c(c2)CC(C)(C)C3OC(N)=O)c1. The second kappa shape index (κ2) is 5.37. The molecule has 0 aliphatic heterocycles. The minimum Gasteiger partial charge on any atom is -0.441 e. The van der Waals surface area contributed by atoms with Crippen LogP contribution in [0.15, 0.2) is 36.4 Å². The largest absolute Gasteiger partial charge is 0.441 e. The third-order valence-corrected chi connectivity index (χ3v) is 4.45. The summed E-state index contributed by atoms with van der Waals surface area (Å²) in [7, 11) is 0. The van der Waals surface area contributed by atoms with Crippen molar-refractivity contribution in [3.8, 4) is 11.1 Å². The van der Waals surface area contributed by atoms with Gasteiger partial charge in [-0.25, -0.2) is 9.18 Å². The number of hydrogen-bond donors (Lipinski definition) is 1. The Labute approximate surface area is 135 Å². The average Bonchev–Trinajstić information content (AvgIpc) is 2.71. The minimum atomic E-state index is -0.773. The zero-order valence-corrected chi connectivity index (χ0v) is 13.5. The smallest absolute Gasteiger partial charge is 0.405 e. The second-order valence-electron chi connectivity index (χ2n) is 6.88. The van der Waals surface area contributed by atoms with Crippen LogP contribution in [0.3, 0.4) is 0 Å². The van der Waals surface area contributed by atoms with E-state index in [4.69, 9.17) is 10.5 Å². The van der Waals surface area contributed by atoms with Gasteiger partial charge in [0.25, 0.3) is 0 Å². The van der Waals surface area contributed by atoms with E-state index in [0.29, 0.717) is 5.56 Å². The highest BCUT2D eigenvalue weighted by Crippen LogP contribution is 2.48. The molecule has 4 heteroatoms. The van der Waals surface area contributed by atoms with Crippen LogP contribution in [-0.4, -0.2) is 6.09 Å². The number of halogens is 1. The van der Waals surface area contributed by atoms with Crippen LogP contribution in [0.2, 0.25) is 0 Å². The molecule has 2 aromatic rings. The molecule has 0 radical (unpaired) electrons. The Morgan fingerprint density at radius 2 is 2.00 bits per heavy atom. The standard InChI is InChI=1S/C19H20FNO2/c1-11-4-7-16(20)15(8-11)12-5-6-14-13(9-12)10-19(2,3)17(14)23-18(21)22/h4-9,17H,10H2,1-3H3,(H2,21,22). The van der Waals surface area contributed by atoms with Gasteiger partial charge in [-0.3, -0.25) is 0 Å². The summed E-state index contributed by atoms with van der Waals surface area (Å²) in [6.45, 7) is 6.01. The normalized spacial score (nSPS) is 18.5. The second-order valence-corrected chi connectivity index (χ2v) is 6.88. The van der Waals surface area contributed by atoms with Gasteiger partial charge in [-0.15, -0.1) is 0 Å². The van der Waals surface area contributed by atoms with Gasteiger partial charge in [-0.2, -0.15) is 0 Å². The maximum absolute atomic E-state index is 14.1. The summed E-state index contributed by atoms with van der Waals surface area (Å²) in [5, 5.41) is 0. The first kappa shape index (κ1) is 15.5. The van der Waals surface area contributed by atoms with Crippen molar-refractivity contribution in [2.24, 2.45) is 11.1 Å². The lowest BCUT2D eigenvalue weighted by molar-refractivity contribution is 0.0392. The summed E-state index contributed by atoms with van der Waals surface area (Å²) < 4.78 is 19.4. The molecule has 1 aliphatic carbocycles. The lowest BCUT2D eigenvalue weighted by Crippen LogP contribution is -2.25. The van der Waals surface area contributed by atoms with E-state index in [2.05, 4.69) is 0 Å². The van der Waals surface area contributed by atoms with E-state index in [1.807, 2.05) is 45.0 Å². The summed E-state index contributed by atoms with van der Waals surface area (Å²) in [5.41, 5.74) is 9.41. The Balaban J connectivity index is 2.05. The molecule has 0 spiro atoms. The van der Waals surface area contributed by atoms with Gasteiger partial charge in [0.2, 0.25) is 0 Å². The van der Waals surface area contributed by atoms with E-state index in [1.165, 1.54) is 6.07 Å². The fourth-order valence-electron chi connectivity index (χ4n) is 3.39. The summed E-state index contributed by atoms with van der Waals surface area (Å²) in [6, 6.07) is 10.9. The molecule has 0 bridgehead atoms. The highest BCUT2D eigenvalue weighted by molar-refractivity contribution is 5.68. The maximum atomic E-state index is 14.1. The monoisotopic (exact) mass is 313 g/mol. The van der Waals surface area contributed by atoms with Crippen molar-refractivity contribution in [1.82, 2.24) is 0 Å². The lowest BCUT2D eigenvalue weighted by Gasteiger charge is -2.26. The van der Waals surface area contributed by atoms with Crippen molar-refractivity contribution in [2.45, 2.75) is 33.3 Å². The van der Waals surface area contributed by atoms with Gasteiger partial charge in [0.15, 0.2) is 0 Å². The summed E-state index contributed by atoms with van der Waals surface area (Å²) in [5.74, 6) is -0.238. The van der Waals surface area contributed by atoms with Gasteiger partial charge in [0.1, 0.15) is 11.9 Å². The minimum absolute atomic E-state index is 0.235. The number of rotatable bonds is 2. The molecule has 1 amide bonds. The Kier molecular flexibility index (Phi) is 3.63. The Morgan fingerprint density at radius 3 is 2.70 bits per heavy atom. The predicted molar refractivity (Wildman–Crippen MR) is 87.5 cm³/mol. The highest BCUT2D eigenvalue weighted by atomic mass is 19.1. The summed E-state index contributed by atoms with van der Waals surface area (Å²) in [4.78, 5) is 11.2. The Morgan fingerprint density at radius 1 is 1.26 bits per heavy atom. The quantitative estimate of drug-likeness (QED) is 0.886. The van der Waals surface area contributed by atoms with Crippen molar-refractivity contribution in [3.05, 3.63) is 58.9 Å². The molecular formula is C19H20FNO2. The number of primary amides is 1.